The van der Waals surface area contributed by atoms with Gasteiger partial charge in [0.05, 0.1) is 20.8 Å². The van der Waals surface area contributed by atoms with Gasteiger partial charge in [-0.15, -0.1) is 0 Å². The Hall–Kier alpha value is -3.06. The summed E-state index contributed by atoms with van der Waals surface area (Å²) in [5.74, 6) is 1.04. The quantitative estimate of drug-likeness (QED) is 0.701. The lowest BCUT2D eigenvalue weighted by Gasteiger charge is -2.28. The minimum atomic E-state index is -0.982. The monoisotopic (exact) mass is 410 g/mol. The van der Waals surface area contributed by atoms with Crippen LogP contribution in [0.2, 0.25) is 0 Å². The first-order valence-corrected chi connectivity index (χ1v) is 10.2. The molecule has 1 fully saturated rings. The second-order valence-corrected chi connectivity index (χ2v) is 8.22. The fourth-order valence-corrected chi connectivity index (χ4v) is 4.41. The van der Waals surface area contributed by atoms with Gasteiger partial charge in [-0.05, 0) is 30.2 Å². The SMILES string of the molecule is COc1ccc(C[C@@]2(C)NC(=O)N(C[NH+]3CCc4ccccc4C3)C2=O)cc1OC. The standard InChI is InChI=1S/C23H27N3O4/c1-23(13-16-8-9-19(29-2)20(12-16)30-3)21(27)26(22(28)24-23)15-25-11-10-17-6-4-5-7-18(17)14-25/h4-9,12H,10-11,13-15H2,1-3H3,(H,24,28)/p+1/t23-/m1/s1. The molecule has 3 amide bonds. The number of hydrogen-bond acceptors (Lipinski definition) is 4. The van der Waals surface area contributed by atoms with Gasteiger partial charge in [0, 0.05) is 18.4 Å². The molecule has 2 aromatic carbocycles. The number of nitrogens with one attached hydrogen (secondary N) is 2. The summed E-state index contributed by atoms with van der Waals surface area (Å²) >= 11 is 0. The van der Waals surface area contributed by atoms with Crippen LogP contribution in [0.1, 0.15) is 23.6 Å². The minimum absolute atomic E-state index is 0.186. The van der Waals surface area contributed by atoms with Crippen LogP contribution >= 0.6 is 0 Å². The predicted octanol–water partition coefficient (Wildman–Crippen LogP) is 1.16. The fourth-order valence-electron chi connectivity index (χ4n) is 4.41. The normalized spacial score (nSPS) is 23.2. The van der Waals surface area contributed by atoms with Gasteiger partial charge in [-0.25, -0.2) is 9.69 Å². The van der Waals surface area contributed by atoms with Gasteiger partial charge < -0.3 is 19.7 Å². The molecule has 7 nitrogen and oxygen atoms in total. The number of ether oxygens (including phenoxy) is 2. The smallest absolute Gasteiger partial charge is 0.329 e. The van der Waals surface area contributed by atoms with Crippen molar-refractivity contribution in [1.29, 1.82) is 0 Å². The largest absolute Gasteiger partial charge is 0.493 e. The summed E-state index contributed by atoms with van der Waals surface area (Å²) in [6.45, 7) is 3.88. The number of benzene rings is 2. The molecule has 158 valence electrons. The second-order valence-electron chi connectivity index (χ2n) is 8.22. The van der Waals surface area contributed by atoms with Crippen molar-refractivity contribution in [3.8, 4) is 11.5 Å². The molecule has 2 aliphatic rings. The molecule has 2 atom stereocenters. The average molecular weight is 410 g/mol. The maximum atomic E-state index is 13.2. The van der Waals surface area contributed by atoms with Crippen molar-refractivity contribution in [2.24, 2.45) is 0 Å². The molecule has 30 heavy (non-hydrogen) atoms. The number of urea groups is 1. The van der Waals surface area contributed by atoms with Crippen LogP contribution in [0.15, 0.2) is 42.5 Å². The molecule has 2 aromatic rings. The molecule has 1 saturated heterocycles. The Bertz CT molecular complexity index is 977. The molecule has 2 aliphatic heterocycles. The number of carbonyl (C=O) groups is 2. The number of amides is 3. The Kier molecular flexibility index (Phi) is 5.39. The van der Waals surface area contributed by atoms with Gasteiger partial charge in [-0.3, -0.25) is 4.79 Å². The first-order chi connectivity index (χ1) is 14.4. The zero-order valence-electron chi connectivity index (χ0n) is 17.7. The summed E-state index contributed by atoms with van der Waals surface area (Å²) in [6, 6.07) is 13.6. The molecule has 4 rings (SSSR count). The number of nitrogens with zero attached hydrogens (tertiary/aromatic N) is 1. The molecule has 0 radical (unpaired) electrons. The Morgan fingerprint density at radius 1 is 1.07 bits per heavy atom. The van der Waals surface area contributed by atoms with Crippen molar-refractivity contribution in [3.63, 3.8) is 0 Å². The van der Waals surface area contributed by atoms with Crippen LogP contribution in [0, 0.1) is 0 Å². The number of quaternary nitrogens is 1. The summed E-state index contributed by atoms with van der Waals surface area (Å²) in [7, 11) is 3.16. The van der Waals surface area contributed by atoms with E-state index in [-0.39, 0.29) is 11.9 Å². The highest BCUT2D eigenvalue weighted by atomic mass is 16.5. The van der Waals surface area contributed by atoms with Gasteiger partial charge in [-0.2, -0.15) is 0 Å². The number of methoxy groups -OCH3 is 2. The van der Waals surface area contributed by atoms with Crippen molar-refractivity contribution in [2.45, 2.75) is 31.8 Å². The van der Waals surface area contributed by atoms with E-state index in [0.29, 0.717) is 24.6 Å². The summed E-state index contributed by atoms with van der Waals surface area (Å²) in [5, 5.41) is 2.91. The number of fused-ring (bicyclic) bond motifs is 1. The number of rotatable bonds is 6. The molecule has 7 heteroatoms. The van der Waals surface area contributed by atoms with Crippen molar-refractivity contribution in [1.82, 2.24) is 10.2 Å². The number of hydrogen-bond donors (Lipinski definition) is 2. The van der Waals surface area contributed by atoms with E-state index in [9.17, 15) is 9.59 Å². The molecule has 1 unspecified atom stereocenters. The first-order valence-electron chi connectivity index (χ1n) is 10.2. The third kappa shape index (κ3) is 3.73. The molecule has 0 aromatic heterocycles. The van der Waals surface area contributed by atoms with Crippen LogP contribution in [-0.4, -0.2) is 49.8 Å². The van der Waals surface area contributed by atoms with Gasteiger partial charge in [0.15, 0.2) is 18.2 Å². The van der Waals surface area contributed by atoms with E-state index in [1.807, 2.05) is 24.3 Å². The molecule has 0 aliphatic carbocycles. The lowest BCUT2D eigenvalue weighted by atomic mass is 9.92. The molecular weight excluding hydrogens is 382 g/mol. The zero-order valence-corrected chi connectivity index (χ0v) is 17.7. The van der Waals surface area contributed by atoms with Crippen molar-refractivity contribution >= 4 is 11.9 Å². The molecule has 2 heterocycles. The summed E-state index contributed by atoms with van der Waals surface area (Å²) in [4.78, 5) is 28.5. The van der Waals surface area contributed by atoms with E-state index in [2.05, 4.69) is 23.5 Å². The van der Waals surface area contributed by atoms with Gasteiger partial charge in [-0.1, -0.05) is 30.3 Å². The molecule has 2 N–H and O–H groups in total. The van der Waals surface area contributed by atoms with Crippen molar-refractivity contribution in [3.05, 3.63) is 59.2 Å². The van der Waals surface area contributed by atoms with E-state index >= 15 is 0 Å². The van der Waals surface area contributed by atoms with Crippen LogP contribution < -0.4 is 19.7 Å². The van der Waals surface area contributed by atoms with Crippen LogP contribution in [0.3, 0.4) is 0 Å². The van der Waals surface area contributed by atoms with Crippen molar-refractivity contribution < 1.29 is 24.0 Å². The minimum Gasteiger partial charge on any atom is -0.493 e. The topological polar surface area (TPSA) is 72.3 Å². The van der Waals surface area contributed by atoms with E-state index in [4.69, 9.17) is 9.47 Å². The predicted molar refractivity (Wildman–Crippen MR) is 112 cm³/mol. The summed E-state index contributed by atoms with van der Waals surface area (Å²) < 4.78 is 10.6. The van der Waals surface area contributed by atoms with Gasteiger partial charge in [0.1, 0.15) is 12.1 Å². The third-order valence-corrected chi connectivity index (χ3v) is 6.04. The molecule has 0 saturated carbocycles. The highest BCUT2D eigenvalue weighted by Crippen LogP contribution is 2.30. The average Bonchev–Trinajstić information content (AvgIpc) is 2.96. The Morgan fingerprint density at radius 3 is 2.53 bits per heavy atom. The first kappa shape index (κ1) is 20.2. The van der Waals surface area contributed by atoms with E-state index < -0.39 is 5.54 Å². The lowest BCUT2D eigenvalue weighted by Crippen LogP contribution is -3.13. The van der Waals surface area contributed by atoms with Gasteiger partial charge in [0.2, 0.25) is 0 Å². The van der Waals surface area contributed by atoms with E-state index in [0.717, 1.165) is 25.1 Å². The second kappa shape index (κ2) is 7.99. The highest BCUT2D eigenvalue weighted by Gasteiger charge is 2.49. The van der Waals surface area contributed by atoms with Gasteiger partial charge in [0.25, 0.3) is 5.91 Å². The van der Waals surface area contributed by atoms with Crippen LogP contribution in [-0.2, 0) is 24.2 Å². The molecular formula is C23H28N3O4+. The van der Waals surface area contributed by atoms with Crippen LogP contribution in [0.4, 0.5) is 4.79 Å². The number of imide groups is 1. The lowest BCUT2D eigenvalue weighted by molar-refractivity contribution is -0.923. The summed E-state index contributed by atoms with van der Waals surface area (Å²) in [6.07, 6.45) is 1.34. The highest BCUT2D eigenvalue weighted by molar-refractivity contribution is 6.06. The zero-order chi connectivity index (χ0) is 21.3. The maximum Gasteiger partial charge on any atom is 0.329 e. The van der Waals surface area contributed by atoms with E-state index in [1.54, 1.807) is 21.1 Å². The fraction of sp³-hybridized carbons (Fsp3) is 0.391. The van der Waals surface area contributed by atoms with Crippen molar-refractivity contribution in [2.75, 3.05) is 27.4 Å². The van der Waals surface area contributed by atoms with E-state index in [1.165, 1.54) is 20.9 Å². The van der Waals surface area contributed by atoms with Crippen LogP contribution in [0.25, 0.3) is 0 Å². The number of carbonyl (C=O) groups excluding carboxylic acids is 2. The Morgan fingerprint density at radius 2 is 1.80 bits per heavy atom. The van der Waals surface area contributed by atoms with Gasteiger partial charge >= 0.3 is 6.03 Å². The third-order valence-electron chi connectivity index (χ3n) is 6.04. The maximum absolute atomic E-state index is 13.2. The Labute approximate surface area is 176 Å². The van der Waals surface area contributed by atoms with Crippen LogP contribution in [0.5, 0.6) is 11.5 Å². The molecule has 0 bridgehead atoms. The summed E-state index contributed by atoms with van der Waals surface area (Å²) in [5.41, 5.74) is 2.56. The Balaban J connectivity index is 1.47. The molecule has 0 spiro atoms.